The molecule has 3 amide bonds. The number of urea groups is 1. The number of para-hydroxylation sites is 2. The van der Waals surface area contributed by atoms with Gasteiger partial charge in [-0.3, -0.25) is 9.69 Å². The summed E-state index contributed by atoms with van der Waals surface area (Å²) in [6.45, 7) is 4.23. The molecule has 4 rings (SSSR count). The predicted molar refractivity (Wildman–Crippen MR) is 128 cm³/mol. The second-order valence-corrected chi connectivity index (χ2v) is 9.21. The fraction of sp³-hybridized carbons (Fsp3) is 0.391. The number of carbonyl (C=O) groups is 2. The number of methoxy groups -OCH3 is 1. The molecule has 0 spiro atoms. The van der Waals surface area contributed by atoms with Crippen molar-refractivity contribution in [3.05, 3.63) is 59.1 Å². The Kier molecular flexibility index (Phi) is 7.44. The monoisotopic (exact) mass is 474 g/mol. The largest absolute Gasteiger partial charge is 0.495 e. The average Bonchev–Trinajstić information content (AvgIpc) is 3.18. The number of nitrogens with one attached hydrogen (secondary N) is 1. The van der Waals surface area contributed by atoms with Crippen LogP contribution in [-0.4, -0.2) is 78.8 Å². The van der Waals surface area contributed by atoms with Crippen molar-refractivity contribution in [1.82, 2.24) is 14.7 Å². The van der Waals surface area contributed by atoms with E-state index in [0.717, 1.165) is 25.2 Å². The highest BCUT2D eigenvalue weighted by atomic mass is 35.5. The van der Waals surface area contributed by atoms with Gasteiger partial charge in [0.25, 0.3) is 0 Å². The van der Waals surface area contributed by atoms with Crippen LogP contribution in [0, 0.1) is 0 Å². The zero-order chi connectivity index (χ0) is 22.5. The van der Waals surface area contributed by atoms with Crippen LogP contribution in [0.5, 0.6) is 5.75 Å². The highest BCUT2D eigenvalue weighted by molar-refractivity contribution is 8.00. The lowest BCUT2D eigenvalue weighted by atomic mass is 10.2. The molecule has 0 bridgehead atoms. The van der Waals surface area contributed by atoms with E-state index in [0.29, 0.717) is 41.8 Å². The van der Waals surface area contributed by atoms with Crippen molar-refractivity contribution < 1.29 is 14.3 Å². The number of anilines is 1. The summed E-state index contributed by atoms with van der Waals surface area (Å²) in [5, 5.41) is 3.59. The zero-order valence-corrected chi connectivity index (χ0v) is 19.6. The molecule has 2 aromatic carbocycles. The van der Waals surface area contributed by atoms with Gasteiger partial charge in [-0.15, -0.1) is 11.8 Å². The molecule has 2 aliphatic heterocycles. The summed E-state index contributed by atoms with van der Waals surface area (Å²) in [5.74, 6) is 1.27. The molecule has 2 aliphatic rings. The van der Waals surface area contributed by atoms with Gasteiger partial charge < -0.3 is 19.9 Å². The van der Waals surface area contributed by atoms with Crippen LogP contribution in [0.25, 0.3) is 0 Å². The molecule has 1 atom stereocenters. The van der Waals surface area contributed by atoms with Crippen molar-refractivity contribution in [2.75, 3.05) is 57.4 Å². The molecule has 2 saturated heterocycles. The quantitative estimate of drug-likeness (QED) is 0.690. The molecule has 1 N–H and O–H groups in total. The van der Waals surface area contributed by atoms with E-state index >= 15 is 0 Å². The number of rotatable bonds is 6. The predicted octanol–water partition coefficient (Wildman–Crippen LogP) is 3.77. The van der Waals surface area contributed by atoms with E-state index in [1.165, 1.54) is 0 Å². The molecule has 2 heterocycles. The van der Waals surface area contributed by atoms with Crippen LogP contribution in [0.15, 0.2) is 48.5 Å². The van der Waals surface area contributed by atoms with Gasteiger partial charge in [-0.2, -0.15) is 0 Å². The lowest BCUT2D eigenvalue weighted by Gasteiger charge is -2.36. The van der Waals surface area contributed by atoms with Crippen LogP contribution < -0.4 is 10.1 Å². The third-order valence-electron chi connectivity index (χ3n) is 5.80. The average molecular weight is 475 g/mol. The van der Waals surface area contributed by atoms with E-state index < -0.39 is 0 Å². The highest BCUT2D eigenvalue weighted by Gasteiger charge is 2.34. The smallest absolute Gasteiger partial charge is 0.322 e. The Morgan fingerprint density at radius 2 is 1.81 bits per heavy atom. The summed E-state index contributed by atoms with van der Waals surface area (Å²) >= 11 is 8.00. The SMILES string of the molecule is COc1ccccc1NC(=O)N1CCN(CCN2C(=O)CSC2c2ccccc2Cl)CC1. The Morgan fingerprint density at radius 3 is 2.56 bits per heavy atom. The van der Waals surface area contributed by atoms with Gasteiger partial charge in [0.2, 0.25) is 5.91 Å². The Labute approximate surface area is 197 Å². The van der Waals surface area contributed by atoms with Gasteiger partial charge in [-0.25, -0.2) is 4.79 Å². The van der Waals surface area contributed by atoms with Crippen molar-refractivity contribution in [2.45, 2.75) is 5.37 Å². The normalized spacial score (nSPS) is 19.3. The summed E-state index contributed by atoms with van der Waals surface area (Å²) in [6.07, 6.45) is 0. The second-order valence-electron chi connectivity index (χ2n) is 7.73. The number of hydrogen-bond donors (Lipinski definition) is 1. The van der Waals surface area contributed by atoms with Gasteiger partial charge in [-0.1, -0.05) is 41.9 Å². The summed E-state index contributed by atoms with van der Waals surface area (Å²) in [5.41, 5.74) is 1.65. The molecule has 2 fully saturated rings. The minimum Gasteiger partial charge on any atom is -0.495 e. The number of halogens is 1. The standard InChI is InChI=1S/C23H27ClN4O3S/c1-31-20-9-5-4-8-19(20)25-23(30)27-13-10-26(11-14-27)12-15-28-21(29)16-32-22(28)17-6-2-3-7-18(17)24/h2-9,22H,10-16H2,1H3,(H,25,30). The van der Waals surface area contributed by atoms with Crippen LogP contribution in [0.3, 0.4) is 0 Å². The zero-order valence-electron chi connectivity index (χ0n) is 18.0. The summed E-state index contributed by atoms with van der Waals surface area (Å²) < 4.78 is 5.30. The number of ether oxygens (including phenoxy) is 1. The fourth-order valence-corrected chi connectivity index (χ4v) is 5.55. The number of hydrogen-bond acceptors (Lipinski definition) is 5. The van der Waals surface area contributed by atoms with Gasteiger partial charge >= 0.3 is 6.03 Å². The summed E-state index contributed by atoms with van der Waals surface area (Å²) in [6, 6.07) is 15.0. The maximum absolute atomic E-state index is 12.7. The van der Waals surface area contributed by atoms with Crippen LogP contribution in [0.4, 0.5) is 10.5 Å². The van der Waals surface area contributed by atoms with Crippen molar-refractivity contribution in [1.29, 1.82) is 0 Å². The van der Waals surface area contributed by atoms with E-state index in [1.807, 2.05) is 58.3 Å². The molecule has 1 unspecified atom stereocenters. The molecule has 2 aromatic rings. The van der Waals surface area contributed by atoms with E-state index in [1.54, 1.807) is 18.9 Å². The van der Waals surface area contributed by atoms with Gasteiger partial charge in [0.15, 0.2) is 0 Å². The highest BCUT2D eigenvalue weighted by Crippen LogP contribution is 2.41. The van der Waals surface area contributed by atoms with Crippen molar-refractivity contribution >= 4 is 41.0 Å². The van der Waals surface area contributed by atoms with Crippen molar-refractivity contribution in [2.24, 2.45) is 0 Å². The van der Waals surface area contributed by atoms with Crippen molar-refractivity contribution in [3.8, 4) is 5.75 Å². The van der Waals surface area contributed by atoms with Crippen LogP contribution >= 0.6 is 23.4 Å². The van der Waals surface area contributed by atoms with E-state index in [-0.39, 0.29) is 17.3 Å². The first-order valence-electron chi connectivity index (χ1n) is 10.6. The Balaban J connectivity index is 1.28. The molecule has 7 nitrogen and oxygen atoms in total. The number of piperazine rings is 1. The number of amides is 3. The molecule has 0 saturated carbocycles. The first-order chi connectivity index (χ1) is 15.6. The topological polar surface area (TPSA) is 65.1 Å². The first-order valence-corrected chi connectivity index (χ1v) is 12.1. The van der Waals surface area contributed by atoms with E-state index in [4.69, 9.17) is 16.3 Å². The molecule has 0 radical (unpaired) electrons. The fourth-order valence-electron chi connectivity index (χ4n) is 3.99. The van der Waals surface area contributed by atoms with Crippen LogP contribution in [-0.2, 0) is 4.79 Å². The minimum atomic E-state index is -0.126. The molecule has 32 heavy (non-hydrogen) atoms. The maximum atomic E-state index is 12.7. The minimum absolute atomic E-state index is 0.0379. The van der Waals surface area contributed by atoms with Crippen LogP contribution in [0.2, 0.25) is 5.02 Å². The lowest BCUT2D eigenvalue weighted by molar-refractivity contribution is -0.128. The molecular formula is C23H27ClN4O3S. The van der Waals surface area contributed by atoms with Crippen LogP contribution in [0.1, 0.15) is 10.9 Å². The Morgan fingerprint density at radius 1 is 1.09 bits per heavy atom. The third kappa shape index (κ3) is 5.14. The van der Waals surface area contributed by atoms with E-state index in [9.17, 15) is 9.59 Å². The molecule has 0 aromatic heterocycles. The summed E-state index contributed by atoms with van der Waals surface area (Å²) in [7, 11) is 1.59. The van der Waals surface area contributed by atoms with E-state index in [2.05, 4.69) is 10.2 Å². The second kappa shape index (κ2) is 10.5. The first kappa shape index (κ1) is 22.8. The van der Waals surface area contributed by atoms with Gasteiger partial charge in [0.05, 0.1) is 18.6 Å². The Bertz CT molecular complexity index is 968. The van der Waals surface area contributed by atoms with Gasteiger partial charge in [0, 0.05) is 49.9 Å². The maximum Gasteiger partial charge on any atom is 0.322 e. The van der Waals surface area contributed by atoms with Crippen molar-refractivity contribution in [3.63, 3.8) is 0 Å². The lowest BCUT2D eigenvalue weighted by Crippen LogP contribution is -2.51. The number of carbonyl (C=O) groups excluding carboxylic acids is 2. The molecular weight excluding hydrogens is 448 g/mol. The van der Waals surface area contributed by atoms with Gasteiger partial charge in [0.1, 0.15) is 11.1 Å². The molecule has 170 valence electrons. The number of nitrogens with zero attached hydrogens (tertiary/aromatic N) is 3. The molecule has 9 heteroatoms. The molecule has 0 aliphatic carbocycles. The number of thioether (sulfide) groups is 1. The van der Waals surface area contributed by atoms with Gasteiger partial charge in [-0.05, 0) is 18.2 Å². The Hall–Kier alpha value is -2.42. The number of benzene rings is 2. The third-order valence-corrected chi connectivity index (χ3v) is 7.39. The summed E-state index contributed by atoms with van der Waals surface area (Å²) in [4.78, 5) is 31.2.